The van der Waals surface area contributed by atoms with Crippen LogP contribution in [0.25, 0.3) is 5.69 Å². The average molecular weight is 473 g/mol. The molecule has 3 rings (SSSR count). The zero-order valence-corrected chi connectivity index (χ0v) is 19.3. The van der Waals surface area contributed by atoms with Crippen molar-refractivity contribution in [3.8, 4) is 11.4 Å². The molecule has 2 N–H and O–H groups in total. The molecular weight excluding hydrogens is 451 g/mol. The second-order valence-corrected chi connectivity index (χ2v) is 7.71. The van der Waals surface area contributed by atoms with Crippen LogP contribution in [0.15, 0.2) is 53.6 Å². The first-order valence-electron chi connectivity index (χ1n) is 9.81. The van der Waals surface area contributed by atoms with Crippen molar-refractivity contribution in [3.63, 3.8) is 0 Å². The number of benzene rings is 2. The Kier molecular flexibility index (Phi) is 7.56. The molecule has 9 heteroatoms. The lowest BCUT2D eigenvalue weighted by atomic mass is 10.2. The van der Waals surface area contributed by atoms with Crippen molar-refractivity contribution >= 4 is 46.9 Å². The van der Waals surface area contributed by atoms with Crippen LogP contribution in [0.1, 0.15) is 23.9 Å². The summed E-state index contributed by atoms with van der Waals surface area (Å²) < 4.78 is 7.30. The minimum Gasteiger partial charge on any atom is -0.494 e. The third kappa shape index (κ3) is 5.49. The van der Waals surface area contributed by atoms with Gasteiger partial charge in [0.15, 0.2) is 0 Å². The highest BCUT2D eigenvalue weighted by Crippen LogP contribution is 2.28. The standard InChI is InChI=1S/C23H22Cl2N4O3/c1-4-32-19-8-6-18(7-9-19)27-22(30)23(31)28-26-13-16-11-14(2)29(15(16)3)21-10-5-17(24)12-20(21)25/h5-13H,4H2,1-3H3,(H,27,30)(H,28,31)/b26-13-. The highest BCUT2D eigenvalue weighted by molar-refractivity contribution is 6.39. The van der Waals surface area contributed by atoms with E-state index in [1.165, 1.54) is 6.21 Å². The van der Waals surface area contributed by atoms with Gasteiger partial charge in [0.1, 0.15) is 5.75 Å². The summed E-state index contributed by atoms with van der Waals surface area (Å²) in [5.41, 5.74) is 6.05. The van der Waals surface area contributed by atoms with E-state index in [4.69, 9.17) is 27.9 Å². The first-order valence-corrected chi connectivity index (χ1v) is 10.6. The van der Waals surface area contributed by atoms with E-state index in [0.29, 0.717) is 28.1 Å². The number of ether oxygens (including phenoxy) is 1. The molecule has 0 fully saturated rings. The molecule has 0 aliphatic heterocycles. The van der Waals surface area contributed by atoms with Gasteiger partial charge in [0.25, 0.3) is 0 Å². The second kappa shape index (κ2) is 10.3. The summed E-state index contributed by atoms with van der Waals surface area (Å²) in [5.74, 6) is -1.04. The third-order valence-corrected chi connectivity index (χ3v) is 5.16. The number of carbonyl (C=O) groups excluding carboxylic acids is 2. The topological polar surface area (TPSA) is 84.7 Å². The number of nitrogens with zero attached hydrogens (tertiary/aromatic N) is 2. The maximum absolute atomic E-state index is 12.1. The Bertz CT molecular complexity index is 1170. The third-order valence-electron chi connectivity index (χ3n) is 4.62. The van der Waals surface area contributed by atoms with Gasteiger partial charge in [-0.05, 0) is 69.3 Å². The molecule has 0 radical (unpaired) electrons. The van der Waals surface area contributed by atoms with Gasteiger partial charge in [0.2, 0.25) is 0 Å². The molecule has 0 saturated carbocycles. The van der Waals surface area contributed by atoms with Crippen LogP contribution in [0, 0.1) is 13.8 Å². The number of halogens is 2. The number of aryl methyl sites for hydroxylation is 1. The molecule has 0 aliphatic rings. The van der Waals surface area contributed by atoms with Crippen LogP contribution < -0.4 is 15.5 Å². The van der Waals surface area contributed by atoms with Crippen LogP contribution >= 0.6 is 23.2 Å². The molecular formula is C23H22Cl2N4O3. The van der Waals surface area contributed by atoms with Crippen LogP contribution in [0.2, 0.25) is 10.0 Å². The zero-order chi connectivity index (χ0) is 23.3. The van der Waals surface area contributed by atoms with Crippen LogP contribution in [0.3, 0.4) is 0 Å². The van der Waals surface area contributed by atoms with Crippen molar-refractivity contribution in [2.75, 3.05) is 11.9 Å². The van der Waals surface area contributed by atoms with Crippen LogP contribution in [-0.2, 0) is 9.59 Å². The van der Waals surface area contributed by atoms with Gasteiger partial charge in [-0.2, -0.15) is 5.10 Å². The Labute approximate surface area is 196 Å². The second-order valence-electron chi connectivity index (χ2n) is 6.87. The van der Waals surface area contributed by atoms with Gasteiger partial charge in [-0.25, -0.2) is 5.43 Å². The lowest BCUT2D eigenvalue weighted by Crippen LogP contribution is -2.32. The number of nitrogens with one attached hydrogen (secondary N) is 2. The molecule has 1 heterocycles. The minimum absolute atomic E-state index is 0.473. The molecule has 0 unspecified atom stereocenters. The Morgan fingerprint density at radius 3 is 2.44 bits per heavy atom. The summed E-state index contributed by atoms with van der Waals surface area (Å²) >= 11 is 12.3. The van der Waals surface area contributed by atoms with Gasteiger partial charge in [-0.1, -0.05) is 23.2 Å². The number of carbonyl (C=O) groups is 2. The molecule has 0 spiro atoms. The molecule has 0 bridgehead atoms. The molecule has 7 nitrogen and oxygen atoms in total. The quantitative estimate of drug-likeness (QED) is 0.304. The molecule has 0 atom stereocenters. The van der Waals surface area contributed by atoms with Crippen molar-refractivity contribution in [2.45, 2.75) is 20.8 Å². The predicted molar refractivity (Wildman–Crippen MR) is 127 cm³/mol. The summed E-state index contributed by atoms with van der Waals surface area (Å²) in [6, 6.07) is 13.9. The maximum atomic E-state index is 12.1. The summed E-state index contributed by atoms with van der Waals surface area (Å²) in [6.07, 6.45) is 1.48. The Morgan fingerprint density at radius 1 is 1.06 bits per heavy atom. The number of anilines is 1. The van der Waals surface area contributed by atoms with Gasteiger partial charge in [-0.15, -0.1) is 0 Å². The average Bonchev–Trinajstić information content (AvgIpc) is 3.03. The first kappa shape index (κ1) is 23.4. The first-order chi connectivity index (χ1) is 15.3. The predicted octanol–water partition coefficient (Wildman–Crippen LogP) is 4.89. The van der Waals surface area contributed by atoms with Gasteiger partial charge in [0, 0.05) is 27.7 Å². The normalized spacial score (nSPS) is 10.9. The lowest BCUT2D eigenvalue weighted by Gasteiger charge is -2.11. The van der Waals surface area contributed by atoms with E-state index in [0.717, 1.165) is 22.6 Å². The van der Waals surface area contributed by atoms with E-state index >= 15 is 0 Å². The van der Waals surface area contributed by atoms with Gasteiger partial charge < -0.3 is 14.6 Å². The molecule has 2 amide bonds. The highest BCUT2D eigenvalue weighted by Gasteiger charge is 2.14. The summed E-state index contributed by atoms with van der Waals surface area (Å²) in [4.78, 5) is 24.1. The van der Waals surface area contributed by atoms with E-state index in [1.54, 1.807) is 36.4 Å². The summed E-state index contributed by atoms with van der Waals surface area (Å²) in [5, 5.41) is 7.49. The number of hydrogen-bond acceptors (Lipinski definition) is 4. The molecule has 3 aromatic rings. The molecule has 2 aromatic carbocycles. The summed E-state index contributed by atoms with van der Waals surface area (Å²) in [7, 11) is 0. The maximum Gasteiger partial charge on any atom is 0.329 e. The number of hydrogen-bond donors (Lipinski definition) is 2. The number of amides is 2. The van der Waals surface area contributed by atoms with Crippen molar-refractivity contribution in [1.82, 2.24) is 9.99 Å². The lowest BCUT2D eigenvalue weighted by molar-refractivity contribution is -0.136. The molecule has 1 aromatic heterocycles. The fraction of sp³-hybridized carbons (Fsp3) is 0.174. The van der Waals surface area contributed by atoms with E-state index in [-0.39, 0.29) is 0 Å². The Balaban J connectivity index is 1.65. The van der Waals surface area contributed by atoms with Crippen LogP contribution in [0.4, 0.5) is 5.69 Å². The van der Waals surface area contributed by atoms with E-state index in [9.17, 15) is 9.59 Å². The zero-order valence-electron chi connectivity index (χ0n) is 17.8. The molecule has 166 valence electrons. The largest absolute Gasteiger partial charge is 0.494 e. The molecule has 32 heavy (non-hydrogen) atoms. The van der Waals surface area contributed by atoms with Gasteiger partial charge in [-0.3, -0.25) is 9.59 Å². The number of rotatable bonds is 6. The summed E-state index contributed by atoms with van der Waals surface area (Å²) in [6.45, 7) is 6.25. The molecule has 0 aliphatic carbocycles. The highest BCUT2D eigenvalue weighted by atomic mass is 35.5. The van der Waals surface area contributed by atoms with E-state index in [2.05, 4.69) is 15.8 Å². The Hall–Kier alpha value is -3.29. The van der Waals surface area contributed by atoms with Crippen molar-refractivity contribution in [3.05, 3.63) is 75.5 Å². The number of hydrazone groups is 1. The van der Waals surface area contributed by atoms with Gasteiger partial charge in [0.05, 0.1) is 23.5 Å². The fourth-order valence-corrected chi connectivity index (χ4v) is 3.64. The SMILES string of the molecule is CCOc1ccc(NC(=O)C(=O)N/N=C\c2cc(C)n(-c3ccc(Cl)cc3Cl)c2C)cc1. The monoisotopic (exact) mass is 472 g/mol. The number of aromatic nitrogens is 1. The van der Waals surface area contributed by atoms with Crippen LogP contribution in [-0.4, -0.2) is 29.2 Å². The van der Waals surface area contributed by atoms with Crippen LogP contribution in [0.5, 0.6) is 5.75 Å². The van der Waals surface area contributed by atoms with E-state index < -0.39 is 11.8 Å². The fourth-order valence-electron chi connectivity index (χ4n) is 3.15. The Morgan fingerprint density at radius 2 is 1.78 bits per heavy atom. The molecule has 0 saturated heterocycles. The van der Waals surface area contributed by atoms with E-state index in [1.807, 2.05) is 37.5 Å². The van der Waals surface area contributed by atoms with Crippen molar-refractivity contribution in [1.29, 1.82) is 0 Å². The minimum atomic E-state index is -0.885. The van der Waals surface area contributed by atoms with Crippen molar-refractivity contribution in [2.24, 2.45) is 5.10 Å². The van der Waals surface area contributed by atoms with Gasteiger partial charge >= 0.3 is 11.8 Å². The van der Waals surface area contributed by atoms with Crippen molar-refractivity contribution < 1.29 is 14.3 Å². The smallest absolute Gasteiger partial charge is 0.329 e.